The second-order valence-corrected chi connectivity index (χ2v) is 7.49. The average Bonchev–Trinajstić information content (AvgIpc) is 2.92. The first-order chi connectivity index (χ1) is 10.9. The highest BCUT2D eigenvalue weighted by atomic mass is 16.6. The summed E-state index contributed by atoms with van der Waals surface area (Å²) in [6.07, 6.45) is 4.82. The minimum atomic E-state index is -0.481. The summed E-state index contributed by atoms with van der Waals surface area (Å²) in [5, 5.41) is 6.40. The largest absolute Gasteiger partial charge is 0.444 e. The summed E-state index contributed by atoms with van der Waals surface area (Å²) in [6, 6.07) is 8.59. The van der Waals surface area contributed by atoms with Gasteiger partial charge in [0.2, 0.25) is 0 Å². The first-order valence-electron chi connectivity index (χ1n) is 8.68. The summed E-state index contributed by atoms with van der Waals surface area (Å²) < 4.78 is 5.25. The van der Waals surface area contributed by atoms with Gasteiger partial charge in [-0.2, -0.15) is 0 Å². The van der Waals surface area contributed by atoms with E-state index in [-0.39, 0.29) is 0 Å². The molecule has 4 nitrogen and oxygen atoms in total. The maximum absolute atomic E-state index is 11.7. The van der Waals surface area contributed by atoms with Gasteiger partial charge >= 0.3 is 6.09 Å². The SMILES string of the molecule is CCC1CCC(NCc2ccc(NC(=O)OC(C)(C)C)cc2)C1. The molecule has 1 aromatic carbocycles. The van der Waals surface area contributed by atoms with Crippen molar-refractivity contribution in [2.75, 3.05) is 5.32 Å². The highest BCUT2D eigenvalue weighted by molar-refractivity contribution is 5.84. The van der Waals surface area contributed by atoms with Gasteiger partial charge in [0.05, 0.1) is 0 Å². The van der Waals surface area contributed by atoms with Crippen LogP contribution < -0.4 is 10.6 Å². The zero-order valence-corrected chi connectivity index (χ0v) is 14.8. The Bertz CT molecular complexity index is 505. The third-order valence-electron chi connectivity index (χ3n) is 4.31. The predicted octanol–water partition coefficient (Wildman–Crippen LogP) is 4.70. The molecule has 2 N–H and O–H groups in total. The fraction of sp³-hybridized carbons (Fsp3) is 0.632. The van der Waals surface area contributed by atoms with Crippen LogP contribution in [0.3, 0.4) is 0 Å². The minimum absolute atomic E-state index is 0.417. The Hall–Kier alpha value is -1.55. The van der Waals surface area contributed by atoms with Crippen molar-refractivity contribution >= 4 is 11.8 Å². The van der Waals surface area contributed by atoms with Gasteiger partial charge in [0.25, 0.3) is 0 Å². The Morgan fingerprint density at radius 2 is 1.91 bits per heavy atom. The highest BCUT2D eigenvalue weighted by Gasteiger charge is 2.22. The lowest BCUT2D eigenvalue weighted by atomic mass is 10.1. The van der Waals surface area contributed by atoms with Crippen LogP contribution in [0.2, 0.25) is 0 Å². The number of ether oxygens (including phenoxy) is 1. The van der Waals surface area contributed by atoms with Crippen molar-refractivity contribution in [2.24, 2.45) is 5.92 Å². The molecule has 2 atom stereocenters. The first-order valence-corrected chi connectivity index (χ1v) is 8.68. The number of nitrogens with one attached hydrogen (secondary N) is 2. The van der Waals surface area contributed by atoms with Crippen molar-refractivity contribution in [3.63, 3.8) is 0 Å². The van der Waals surface area contributed by atoms with E-state index in [9.17, 15) is 4.79 Å². The molecule has 0 spiro atoms. The van der Waals surface area contributed by atoms with Gasteiger partial charge < -0.3 is 10.1 Å². The number of amides is 1. The van der Waals surface area contributed by atoms with Gasteiger partial charge in [0.1, 0.15) is 5.60 Å². The number of carbonyl (C=O) groups excluding carboxylic acids is 1. The van der Waals surface area contributed by atoms with Crippen molar-refractivity contribution in [2.45, 2.75) is 71.6 Å². The molecular formula is C19H30N2O2. The number of hydrogen-bond donors (Lipinski definition) is 2. The summed E-state index contributed by atoms with van der Waals surface area (Å²) in [6.45, 7) is 8.73. The third-order valence-corrected chi connectivity index (χ3v) is 4.31. The van der Waals surface area contributed by atoms with Crippen LogP contribution in [-0.4, -0.2) is 17.7 Å². The lowest BCUT2D eigenvalue weighted by Crippen LogP contribution is -2.27. The molecule has 1 aliphatic rings. The standard InChI is InChI=1S/C19H30N2O2/c1-5-14-6-11-17(12-14)20-13-15-7-9-16(10-8-15)21-18(22)23-19(2,3)4/h7-10,14,17,20H,5-6,11-13H2,1-4H3,(H,21,22). The average molecular weight is 318 g/mol. The molecule has 1 aliphatic carbocycles. The highest BCUT2D eigenvalue weighted by Crippen LogP contribution is 2.28. The van der Waals surface area contributed by atoms with Crippen LogP contribution in [0.15, 0.2) is 24.3 Å². The molecule has 0 bridgehead atoms. The van der Waals surface area contributed by atoms with Crippen LogP contribution in [0.25, 0.3) is 0 Å². The van der Waals surface area contributed by atoms with Crippen LogP contribution in [0, 0.1) is 5.92 Å². The topological polar surface area (TPSA) is 50.4 Å². The Morgan fingerprint density at radius 1 is 1.22 bits per heavy atom. The summed E-state index contributed by atoms with van der Waals surface area (Å²) in [4.78, 5) is 11.7. The van der Waals surface area contributed by atoms with Crippen molar-refractivity contribution in [1.29, 1.82) is 0 Å². The van der Waals surface area contributed by atoms with Crippen molar-refractivity contribution in [1.82, 2.24) is 5.32 Å². The van der Waals surface area contributed by atoms with E-state index >= 15 is 0 Å². The zero-order chi connectivity index (χ0) is 16.9. The van der Waals surface area contributed by atoms with Crippen molar-refractivity contribution in [3.05, 3.63) is 29.8 Å². The van der Waals surface area contributed by atoms with Gasteiger partial charge in [-0.25, -0.2) is 4.79 Å². The van der Waals surface area contributed by atoms with Gasteiger partial charge in [0, 0.05) is 18.3 Å². The second-order valence-electron chi connectivity index (χ2n) is 7.49. The lowest BCUT2D eigenvalue weighted by molar-refractivity contribution is 0.0636. The van der Waals surface area contributed by atoms with Gasteiger partial charge in [-0.15, -0.1) is 0 Å². The van der Waals surface area contributed by atoms with Crippen LogP contribution in [0.1, 0.15) is 58.9 Å². The van der Waals surface area contributed by atoms with E-state index < -0.39 is 11.7 Å². The van der Waals surface area contributed by atoms with Crippen LogP contribution in [0.4, 0.5) is 10.5 Å². The fourth-order valence-corrected chi connectivity index (χ4v) is 3.02. The second kappa shape index (κ2) is 7.82. The number of hydrogen-bond acceptors (Lipinski definition) is 3. The number of benzene rings is 1. The molecule has 128 valence electrons. The molecule has 2 rings (SSSR count). The summed E-state index contributed by atoms with van der Waals surface area (Å²) >= 11 is 0. The molecule has 1 aromatic rings. The van der Waals surface area contributed by atoms with Gasteiger partial charge in [0.15, 0.2) is 0 Å². The monoisotopic (exact) mass is 318 g/mol. The van der Waals surface area contributed by atoms with Gasteiger partial charge in [-0.05, 0) is 63.6 Å². The van der Waals surface area contributed by atoms with E-state index in [1.54, 1.807) is 0 Å². The molecule has 0 heterocycles. The fourth-order valence-electron chi connectivity index (χ4n) is 3.02. The van der Waals surface area contributed by atoms with E-state index in [1.807, 2.05) is 45.0 Å². The molecule has 4 heteroatoms. The Kier molecular flexibility index (Phi) is 6.05. The quantitative estimate of drug-likeness (QED) is 0.827. The summed E-state index contributed by atoms with van der Waals surface area (Å²) in [5.41, 5.74) is 1.51. The van der Waals surface area contributed by atoms with E-state index in [1.165, 1.54) is 31.2 Å². The molecule has 0 radical (unpaired) electrons. The summed E-state index contributed by atoms with van der Waals surface area (Å²) in [7, 11) is 0. The van der Waals surface area contributed by atoms with Gasteiger partial charge in [-0.3, -0.25) is 5.32 Å². The molecule has 1 amide bonds. The molecule has 1 saturated carbocycles. The Balaban J connectivity index is 1.77. The molecule has 0 saturated heterocycles. The molecule has 1 fully saturated rings. The molecule has 2 unspecified atom stereocenters. The van der Waals surface area contributed by atoms with Crippen LogP contribution in [-0.2, 0) is 11.3 Å². The van der Waals surface area contributed by atoms with E-state index in [0.29, 0.717) is 6.04 Å². The number of rotatable bonds is 5. The molecule has 0 aromatic heterocycles. The van der Waals surface area contributed by atoms with E-state index in [2.05, 4.69) is 17.6 Å². The Morgan fingerprint density at radius 3 is 2.48 bits per heavy atom. The molecule has 23 heavy (non-hydrogen) atoms. The minimum Gasteiger partial charge on any atom is -0.444 e. The summed E-state index contributed by atoms with van der Waals surface area (Å²) in [5.74, 6) is 0.896. The number of carbonyl (C=O) groups is 1. The zero-order valence-electron chi connectivity index (χ0n) is 14.8. The Labute approximate surface area is 140 Å². The van der Waals surface area contributed by atoms with Crippen LogP contribution in [0.5, 0.6) is 0 Å². The van der Waals surface area contributed by atoms with E-state index in [0.717, 1.165) is 18.2 Å². The molecular weight excluding hydrogens is 288 g/mol. The smallest absolute Gasteiger partial charge is 0.412 e. The lowest BCUT2D eigenvalue weighted by Gasteiger charge is -2.19. The molecule has 0 aliphatic heterocycles. The predicted molar refractivity (Wildman–Crippen MR) is 94.6 cm³/mol. The maximum Gasteiger partial charge on any atom is 0.412 e. The number of anilines is 1. The van der Waals surface area contributed by atoms with Gasteiger partial charge in [-0.1, -0.05) is 25.5 Å². The van der Waals surface area contributed by atoms with Crippen molar-refractivity contribution < 1.29 is 9.53 Å². The normalized spacial score (nSPS) is 21.2. The maximum atomic E-state index is 11.7. The van der Waals surface area contributed by atoms with Crippen molar-refractivity contribution in [3.8, 4) is 0 Å². The third kappa shape index (κ3) is 6.22. The van der Waals surface area contributed by atoms with E-state index in [4.69, 9.17) is 4.74 Å². The first kappa shape index (κ1) is 17.8. The van der Waals surface area contributed by atoms with Crippen LogP contribution >= 0.6 is 0 Å².